The third-order valence-electron chi connectivity index (χ3n) is 2.88. The average molecular weight is 342 g/mol. The zero-order valence-electron chi connectivity index (χ0n) is 9.87. The minimum absolute atomic E-state index is 0.0822. The number of pyridine rings is 1. The van der Waals surface area contributed by atoms with Crippen LogP contribution in [0.1, 0.15) is 0 Å². The van der Waals surface area contributed by atoms with Gasteiger partial charge in [0.1, 0.15) is 17.2 Å². The lowest BCUT2D eigenvalue weighted by Gasteiger charge is -2.02. The molecular formula is C13H7BrF3N3. The second kappa shape index (κ2) is 4.52. The van der Waals surface area contributed by atoms with E-state index in [0.717, 1.165) is 16.6 Å². The Morgan fingerprint density at radius 1 is 1.10 bits per heavy atom. The van der Waals surface area contributed by atoms with Crippen molar-refractivity contribution in [3.63, 3.8) is 0 Å². The van der Waals surface area contributed by atoms with Crippen LogP contribution in [-0.4, -0.2) is 9.38 Å². The SMILES string of the molecule is Nc1c(-c2cc(F)c(F)c(F)c2)nc2ccc(Br)cn12. The highest BCUT2D eigenvalue weighted by atomic mass is 79.9. The molecule has 0 amide bonds. The number of anilines is 1. The van der Waals surface area contributed by atoms with Gasteiger partial charge in [0.15, 0.2) is 17.5 Å². The first-order valence-electron chi connectivity index (χ1n) is 5.55. The molecule has 0 aliphatic carbocycles. The summed E-state index contributed by atoms with van der Waals surface area (Å²) in [5.74, 6) is -3.86. The monoisotopic (exact) mass is 341 g/mol. The summed E-state index contributed by atoms with van der Waals surface area (Å²) in [5.41, 5.74) is 6.72. The molecule has 2 aromatic heterocycles. The first kappa shape index (κ1) is 13.0. The number of hydrogen-bond acceptors (Lipinski definition) is 2. The molecule has 0 saturated heterocycles. The van der Waals surface area contributed by atoms with Gasteiger partial charge >= 0.3 is 0 Å². The number of benzene rings is 1. The third-order valence-corrected chi connectivity index (χ3v) is 3.35. The van der Waals surface area contributed by atoms with Crippen LogP contribution in [0.4, 0.5) is 19.0 Å². The van der Waals surface area contributed by atoms with Gasteiger partial charge in [0, 0.05) is 16.2 Å². The van der Waals surface area contributed by atoms with E-state index in [9.17, 15) is 13.2 Å². The van der Waals surface area contributed by atoms with Crippen LogP contribution in [0.15, 0.2) is 34.9 Å². The fourth-order valence-electron chi connectivity index (χ4n) is 1.94. The van der Waals surface area contributed by atoms with E-state index in [1.807, 2.05) is 0 Å². The summed E-state index contributed by atoms with van der Waals surface area (Å²) in [6.07, 6.45) is 1.68. The topological polar surface area (TPSA) is 43.3 Å². The largest absolute Gasteiger partial charge is 0.383 e. The highest BCUT2D eigenvalue weighted by molar-refractivity contribution is 9.10. The maximum Gasteiger partial charge on any atom is 0.194 e. The summed E-state index contributed by atoms with van der Waals surface area (Å²) in [5, 5.41) is 0. The standard InChI is InChI=1S/C13H7BrF3N3/c14-7-1-2-10-19-12(13(18)20(10)5-7)6-3-8(15)11(17)9(16)4-6/h1-5H,18H2. The number of fused-ring (bicyclic) bond motifs is 1. The Bertz CT molecular complexity index is 806. The van der Waals surface area contributed by atoms with Gasteiger partial charge < -0.3 is 5.73 Å². The van der Waals surface area contributed by atoms with Crippen molar-refractivity contribution in [1.29, 1.82) is 0 Å². The maximum absolute atomic E-state index is 13.3. The number of rotatable bonds is 1. The van der Waals surface area contributed by atoms with Gasteiger partial charge in [-0.2, -0.15) is 0 Å². The zero-order chi connectivity index (χ0) is 14.4. The van der Waals surface area contributed by atoms with Crippen molar-refractivity contribution < 1.29 is 13.2 Å². The molecule has 3 aromatic rings. The smallest absolute Gasteiger partial charge is 0.194 e. The fourth-order valence-corrected chi connectivity index (χ4v) is 2.28. The van der Waals surface area contributed by atoms with Crippen LogP contribution in [0.2, 0.25) is 0 Å². The molecule has 0 fully saturated rings. The van der Waals surface area contributed by atoms with Gasteiger partial charge in [0.05, 0.1) is 0 Å². The van der Waals surface area contributed by atoms with Gasteiger partial charge in [-0.25, -0.2) is 18.2 Å². The van der Waals surface area contributed by atoms with E-state index in [1.54, 1.807) is 22.7 Å². The summed E-state index contributed by atoms with van der Waals surface area (Å²) >= 11 is 3.29. The van der Waals surface area contributed by atoms with E-state index in [-0.39, 0.29) is 17.1 Å². The van der Waals surface area contributed by atoms with Crippen molar-refractivity contribution in [2.75, 3.05) is 5.73 Å². The second-order valence-corrected chi connectivity index (χ2v) is 5.09. The van der Waals surface area contributed by atoms with E-state index >= 15 is 0 Å². The normalized spacial score (nSPS) is 11.2. The third kappa shape index (κ3) is 1.94. The van der Waals surface area contributed by atoms with Crippen molar-refractivity contribution >= 4 is 27.4 Å². The minimum atomic E-state index is -1.51. The molecule has 0 aliphatic rings. The van der Waals surface area contributed by atoms with E-state index in [0.29, 0.717) is 5.65 Å². The molecular weight excluding hydrogens is 335 g/mol. The summed E-state index contributed by atoms with van der Waals surface area (Å²) in [6, 6.07) is 5.19. The quantitative estimate of drug-likeness (QED) is 0.685. The van der Waals surface area contributed by atoms with Gasteiger partial charge in [-0.1, -0.05) is 0 Å². The lowest BCUT2D eigenvalue weighted by molar-refractivity contribution is 0.447. The Morgan fingerprint density at radius 3 is 2.40 bits per heavy atom. The molecule has 20 heavy (non-hydrogen) atoms. The van der Waals surface area contributed by atoms with Crippen LogP contribution in [0.3, 0.4) is 0 Å². The number of nitrogens with zero attached hydrogens (tertiary/aromatic N) is 2. The molecule has 0 unspecified atom stereocenters. The van der Waals surface area contributed by atoms with E-state index < -0.39 is 17.5 Å². The molecule has 1 aromatic carbocycles. The summed E-state index contributed by atoms with van der Waals surface area (Å²) in [6.45, 7) is 0. The molecule has 0 bridgehead atoms. The number of nitrogen functional groups attached to an aromatic ring is 1. The second-order valence-electron chi connectivity index (χ2n) is 4.18. The molecule has 102 valence electrons. The number of hydrogen-bond donors (Lipinski definition) is 1. The molecule has 0 aliphatic heterocycles. The fraction of sp³-hybridized carbons (Fsp3) is 0. The van der Waals surface area contributed by atoms with Crippen LogP contribution in [0, 0.1) is 17.5 Å². The van der Waals surface area contributed by atoms with Crippen molar-refractivity contribution in [3.05, 3.63) is 52.4 Å². The molecule has 2 heterocycles. The number of imidazole rings is 1. The van der Waals surface area contributed by atoms with Gasteiger partial charge in [-0.05, 0) is 40.2 Å². The number of aromatic nitrogens is 2. The lowest BCUT2D eigenvalue weighted by Crippen LogP contribution is -1.96. The highest BCUT2D eigenvalue weighted by Crippen LogP contribution is 2.29. The van der Waals surface area contributed by atoms with Crippen LogP contribution >= 0.6 is 15.9 Å². The summed E-state index contributed by atoms with van der Waals surface area (Å²) in [4.78, 5) is 4.20. The summed E-state index contributed by atoms with van der Waals surface area (Å²) < 4.78 is 41.9. The van der Waals surface area contributed by atoms with Crippen LogP contribution in [-0.2, 0) is 0 Å². The van der Waals surface area contributed by atoms with Gasteiger partial charge in [0.25, 0.3) is 0 Å². The molecule has 7 heteroatoms. The van der Waals surface area contributed by atoms with Crippen LogP contribution in [0.25, 0.3) is 16.9 Å². The van der Waals surface area contributed by atoms with E-state index in [2.05, 4.69) is 20.9 Å². The van der Waals surface area contributed by atoms with E-state index in [4.69, 9.17) is 5.73 Å². The molecule has 0 spiro atoms. The van der Waals surface area contributed by atoms with Gasteiger partial charge in [0.2, 0.25) is 0 Å². The van der Waals surface area contributed by atoms with Crippen LogP contribution < -0.4 is 5.73 Å². The Labute approximate surface area is 120 Å². The Kier molecular flexibility index (Phi) is 2.93. The van der Waals surface area contributed by atoms with Crippen LogP contribution in [0.5, 0.6) is 0 Å². The predicted octanol–water partition coefficient (Wildman–Crippen LogP) is 3.76. The molecule has 3 rings (SSSR count). The Morgan fingerprint density at radius 2 is 1.75 bits per heavy atom. The molecule has 2 N–H and O–H groups in total. The summed E-state index contributed by atoms with van der Waals surface area (Å²) in [7, 11) is 0. The maximum atomic E-state index is 13.3. The zero-order valence-corrected chi connectivity index (χ0v) is 11.5. The number of nitrogens with two attached hydrogens (primary N) is 1. The van der Waals surface area contributed by atoms with Crippen molar-refractivity contribution in [2.24, 2.45) is 0 Å². The van der Waals surface area contributed by atoms with Crippen molar-refractivity contribution in [2.45, 2.75) is 0 Å². The molecule has 3 nitrogen and oxygen atoms in total. The molecule has 0 radical (unpaired) electrons. The van der Waals surface area contributed by atoms with Gasteiger partial charge in [-0.3, -0.25) is 4.40 Å². The van der Waals surface area contributed by atoms with Crippen molar-refractivity contribution in [1.82, 2.24) is 9.38 Å². The lowest BCUT2D eigenvalue weighted by atomic mass is 10.1. The first-order valence-corrected chi connectivity index (χ1v) is 6.34. The average Bonchev–Trinajstić information content (AvgIpc) is 2.73. The Hall–Kier alpha value is -2.02. The van der Waals surface area contributed by atoms with Crippen molar-refractivity contribution in [3.8, 4) is 11.3 Å². The first-order chi connectivity index (χ1) is 9.47. The highest BCUT2D eigenvalue weighted by Gasteiger charge is 2.16. The molecule has 0 atom stereocenters. The molecule has 0 saturated carbocycles. The Balaban J connectivity index is 2.27. The number of halogens is 4. The predicted molar refractivity (Wildman–Crippen MR) is 72.6 cm³/mol. The van der Waals surface area contributed by atoms with Gasteiger partial charge in [-0.15, -0.1) is 0 Å². The van der Waals surface area contributed by atoms with E-state index in [1.165, 1.54) is 0 Å². The minimum Gasteiger partial charge on any atom is -0.383 e.